The summed E-state index contributed by atoms with van der Waals surface area (Å²) < 4.78 is 0. The summed E-state index contributed by atoms with van der Waals surface area (Å²) in [5, 5.41) is 3.84. The van der Waals surface area contributed by atoms with Gasteiger partial charge in [0, 0.05) is 12.6 Å². The average Bonchev–Trinajstić information content (AvgIpc) is 2.99. The van der Waals surface area contributed by atoms with Gasteiger partial charge >= 0.3 is 0 Å². The molecule has 0 bridgehead atoms. The minimum absolute atomic E-state index is 0.705. The van der Waals surface area contributed by atoms with Crippen LogP contribution in [0.5, 0.6) is 0 Å². The van der Waals surface area contributed by atoms with Gasteiger partial charge in [0.25, 0.3) is 0 Å². The summed E-state index contributed by atoms with van der Waals surface area (Å²) in [6.45, 7) is 3.57. The van der Waals surface area contributed by atoms with E-state index in [4.69, 9.17) is 0 Å². The fourth-order valence-corrected chi connectivity index (χ4v) is 4.02. The van der Waals surface area contributed by atoms with E-state index in [0.29, 0.717) is 6.04 Å². The molecule has 2 atom stereocenters. The molecule has 1 unspecified atom stereocenters. The predicted octanol–water partition coefficient (Wildman–Crippen LogP) is 4.27. The van der Waals surface area contributed by atoms with Crippen LogP contribution in [0.15, 0.2) is 24.3 Å². The normalized spacial score (nSPS) is 25.2. The van der Waals surface area contributed by atoms with Crippen LogP contribution in [0.4, 0.5) is 0 Å². The second-order valence-electron chi connectivity index (χ2n) is 6.53. The standard InChI is InChI=1S/C18H27N/c1-14(15-7-2-3-8-15)19-13-17-11-6-10-16-9-4-5-12-18(16)17/h4-5,9,12,14-15,17,19H,2-3,6-8,10-11,13H2,1H3/t14-,17?/m1/s1. The lowest BCUT2D eigenvalue weighted by Crippen LogP contribution is -2.36. The van der Waals surface area contributed by atoms with Gasteiger partial charge in [0.05, 0.1) is 0 Å². The molecule has 1 aromatic carbocycles. The van der Waals surface area contributed by atoms with Gasteiger partial charge in [-0.15, -0.1) is 0 Å². The quantitative estimate of drug-likeness (QED) is 0.849. The Bertz CT molecular complexity index is 406. The predicted molar refractivity (Wildman–Crippen MR) is 81.5 cm³/mol. The Morgan fingerprint density at radius 1 is 1.11 bits per heavy atom. The number of hydrogen-bond donors (Lipinski definition) is 1. The Hall–Kier alpha value is -0.820. The number of aryl methyl sites for hydroxylation is 1. The van der Waals surface area contributed by atoms with Crippen molar-refractivity contribution in [2.75, 3.05) is 6.54 Å². The highest BCUT2D eigenvalue weighted by Crippen LogP contribution is 2.32. The fraction of sp³-hybridized carbons (Fsp3) is 0.667. The van der Waals surface area contributed by atoms with E-state index in [0.717, 1.165) is 11.8 Å². The highest BCUT2D eigenvalue weighted by atomic mass is 14.9. The lowest BCUT2D eigenvalue weighted by Gasteiger charge is -2.28. The van der Waals surface area contributed by atoms with Crippen LogP contribution < -0.4 is 5.32 Å². The van der Waals surface area contributed by atoms with Crippen molar-refractivity contribution in [1.29, 1.82) is 0 Å². The maximum Gasteiger partial charge on any atom is 0.00672 e. The Kier molecular flexibility index (Phi) is 4.22. The molecular formula is C18H27N. The van der Waals surface area contributed by atoms with E-state index in [1.165, 1.54) is 51.5 Å². The van der Waals surface area contributed by atoms with Gasteiger partial charge in [0.15, 0.2) is 0 Å². The molecule has 2 aliphatic rings. The van der Waals surface area contributed by atoms with Crippen LogP contribution in [-0.2, 0) is 6.42 Å². The lowest BCUT2D eigenvalue weighted by molar-refractivity contribution is 0.363. The van der Waals surface area contributed by atoms with E-state index in [1.54, 1.807) is 11.1 Å². The number of hydrogen-bond acceptors (Lipinski definition) is 1. The summed E-state index contributed by atoms with van der Waals surface area (Å²) in [5.41, 5.74) is 3.20. The average molecular weight is 257 g/mol. The van der Waals surface area contributed by atoms with Crippen LogP contribution in [-0.4, -0.2) is 12.6 Å². The molecule has 1 fully saturated rings. The summed E-state index contributed by atoms with van der Waals surface area (Å²) in [7, 11) is 0. The maximum atomic E-state index is 3.84. The first-order valence-electron chi connectivity index (χ1n) is 8.16. The van der Waals surface area contributed by atoms with Gasteiger partial charge in [-0.2, -0.15) is 0 Å². The number of benzene rings is 1. The maximum absolute atomic E-state index is 3.84. The van der Waals surface area contributed by atoms with Crippen molar-refractivity contribution < 1.29 is 0 Å². The van der Waals surface area contributed by atoms with Crippen molar-refractivity contribution in [1.82, 2.24) is 5.32 Å². The van der Waals surface area contributed by atoms with Gasteiger partial charge in [0.2, 0.25) is 0 Å². The van der Waals surface area contributed by atoms with Crippen molar-refractivity contribution in [2.45, 2.75) is 63.8 Å². The summed E-state index contributed by atoms with van der Waals surface area (Å²) in [6.07, 6.45) is 9.78. The minimum atomic E-state index is 0.705. The molecule has 0 heterocycles. The lowest BCUT2D eigenvalue weighted by atomic mass is 9.82. The third-order valence-corrected chi connectivity index (χ3v) is 5.29. The number of rotatable bonds is 4. The minimum Gasteiger partial charge on any atom is -0.313 e. The van der Waals surface area contributed by atoms with Crippen molar-refractivity contribution in [3.8, 4) is 0 Å². The molecule has 0 radical (unpaired) electrons. The van der Waals surface area contributed by atoms with Crippen molar-refractivity contribution in [2.24, 2.45) is 5.92 Å². The topological polar surface area (TPSA) is 12.0 Å². The summed E-state index contributed by atoms with van der Waals surface area (Å²) in [5.74, 6) is 1.67. The number of nitrogens with one attached hydrogen (secondary N) is 1. The Morgan fingerprint density at radius 2 is 1.89 bits per heavy atom. The second-order valence-corrected chi connectivity index (χ2v) is 6.53. The zero-order valence-corrected chi connectivity index (χ0v) is 12.2. The van der Waals surface area contributed by atoms with Crippen LogP contribution in [0.1, 0.15) is 62.5 Å². The summed E-state index contributed by atoms with van der Waals surface area (Å²) in [6, 6.07) is 9.77. The van der Waals surface area contributed by atoms with Gasteiger partial charge in [-0.3, -0.25) is 0 Å². The highest BCUT2D eigenvalue weighted by Gasteiger charge is 2.24. The molecule has 0 saturated heterocycles. The van der Waals surface area contributed by atoms with Gasteiger partial charge in [-0.25, -0.2) is 0 Å². The van der Waals surface area contributed by atoms with Crippen LogP contribution in [0.25, 0.3) is 0 Å². The van der Waals surface area contributed by atoms with Gasteiger partial charge in [0.1, 0.15) is 0 Å². The monoisotopic (exact) mass is 257 g/mol. The van der Waals surface area contributed by atoms with Crippen molar-refractivity contribution >= 4 is 0 Å². The van der Waals surface area contributed by atoms with Crippen molar-refractivity contribution in [3.05, 3.63) is 35.4 Å². The largest absolute Gasteiger partial charge is 0.313 e. The Morgan fingerprint density at radius 3 is 2.74 bits per heavy atom. The molecular weight excluding hydrogens is 230 g/mol. The van der Waals surface area contributed by atoms with E-state index in [-0.39, 0.29) is 0 Å². The molecule has 104 valence electrons. The van der Waals surface area contributed by atoms with Crippen LogP contribution in [0.3, 0.4) is 0 Å². The SMILES string of the molecule is C[C@@H](NCC1CCCc2ccccc21)C1CCCC1. The van der Waals surface area contributed by atoms with E-state index in [2.05, 4.69) is 36.5 Å². The molecule has 19 heavy (non-hydrogen) atoms. The third kappa shape index (κ3) is 3.02. The molecule has 1 saturated carbocycles. The zero-order valence-electron chi connectivity index (χ0n) is 12.2. The number of fused-ring (bicyclic) bond motifs is 1. The fourth-order valence-electron chi connectivity index (χ4n) is 4.02. The molecule has 3 rings (SSSR count). The molecule has 1 N–H and O–H groups in total. The van der Waals surface area contributed by atoms with Gasteiger partial charge < -0.3 is 5.32 Å². The highest BCUT2D eigenvalue weighted by molar-refractivity contribution is 5.32. The first kappa shape index (κ1) is 13.2. The first-order chi connectivity index (χ1) is 9.34. The van der Waals surface area contributed by atoms with Crippen LogP contribution in [0.2, 0.25) is 0 Å². The van der Waals surface area contributed by atoms with E-state index in [9.17, 15) is 0 Å². The molecule has 2 aliphatic carbocycles. The molecule has 0 spiro atoms. The molecule has 0 aliphatic heterocycles. The van der Waals surface area contributed by atoms with Crippen LogP contribution in [0, 0.1) is 5.92 Å². The summed E-state index contributed by atoms with van der Waals surface area (Å²) >= 11 is 0. The summed E-state index contributed by atoms with van der Waals surface area (Å²) in [4.78, 5) is 0. The van der Waals surface area contributed by atoms with E-state index in [1.807, 2.05) is 0 Å². The van der Waals surface area contributed by atoms with E-state index < -0.39 is 0 Å². The van der Waals surface area contributed by atoms with Gasteiger partial charge in [-0.1, -0.05) is 37.1 Å². The molecule has 1 heteroatoms. The van der Waals surface area contributed by atoms with Gasteiger partial charge in [-0.05, 0) is 62.0 Å². The Labute approximate surface area is 117 Å². The van der Waals surface area contributed by atoms with E-state index >= 15 is 0 Å². The zero-order chi connectivity index (χ0) is 13.1. The smallest absolute Gasteiger partial charge is 0.00672 e. The van der Waals surface area contributed by atoms with Crippen LogP contribution >= 0.6 is 0 Å². The third-order valence-electron chi connectivity index (χ3n) is 5.29. The molecule has 1 aromatic rings. The second kappa shape index (κ2) is 6.09. The van der Waals surface area contributed by atoms with Crippen molar-refractivity contribution in [3.63, 3.8) is 0 Å². The first-order valence-corrected chi connectivity index (χ1v) is 8.16. The molecule has 0 aromatic heterocycles. The Balaban J connectivity index is 1.58. The molecule has 1 nitrogen and oxygen atoms in total. The molecule has 0 amide bonds.